The molecule has 2 N–H and O–H groups in total. The van der Waals surface area contributed by atoms with Crippen molar-refractivity contribution in [2.45, 2.75) is 19.4 Å². The Balaban J connectivity index is 2.37. The van der Waals surface area contributed by atoms with Crippen LogP contribution in [0.5, 0.6) is 0 Å². The van der Waals surface area contributed by atoms with Crippen molar-refractivity contribution in [2.75, 3.05) is 0 Å². The molecule has 0 aromatic heterocycles. The van der Waals surface area contributed by atoms with Crippen LogP contribution in [-0.4, -0.2) is 0 Å². The lowest BCUT2D eigenvalue weighted by Crippen LogP contribution is -2.12. The Hall–Kier alpha value is -0.640. The molecule has 2 rings (SSSR count). The minimum Gasteiger partial charge on any atom is -0.320 e. The van der Waals surface area contributed by atoms with Crippen LogP contribution in [0.3, 0.4) is 0 Å². The molecule has 0 aliphatic carbocycles. The molecule has 2 aromatic rings. The van der Waals surface area contributed by atoms with Gasteiger partial charge >= 0.3 is 0 Å². The van der Waals surface area contributed by atoms with E-state index in [4.69, 9.17) is 5.73 Å². The summed E-state index contributed by atoms with van der Waals surface area (Å²) in [7, 11) is 0. The number of rotatable bonds is 3. The molecule has 2 aromatic carbocycles. The molecule has 94 valence electrons. The Bertz CT molecular complexity index is 552. The van der Waals surface area contributed by atoms with Gasteiger partial charge in [-0.15, -0.1) is 0 Å². The Labute approximate surface area is 125 Å². The zero-order chi connectivity index (χ0) is 13.1. The van der Waals surface area contributed by atoms with Gasteiger partial charge in [-0.25, -0.2) is 0 Å². The van der Waals surface area contributed by atoms with Crippen molar-refractivity contribution in [1.29, 1.82) is 0 Å². The molecule has 0 radical (unpaired) electrons. The molecule has 0 saturated carbocycles. The van der Waals surface area contributed by atoms with Crippen LogP contribution in [0.2, 0.25) is 0 Å². The van der Waals surface area contributed by atoms with Crippen molar-refractivity contribution in [1.82, 2.24) is 0 Å². The Kier molecular flexibility index (Phi) is 4.60. The molecule has 0 bridgehead atoms. The van der Waals surface area contributed by atoms with Gasteiger partial charge in [0.1, 0.15) is 0 Å². The molecule has 0 saturated heterocycles. The van der Waals surface area contributed by atoms with Gasteiger partial charge in [-0.1, -0.05) is 69.1 Å². The predicted octanol–water partition coefficient (Wildman–Crippen LogP) is 4.82. The van der Waals surface area contributed by atoms with Gasteiger partial charge < -0.3 is 5.73 Å². The van der Waals surface area contributed by atoms with Gasteiger partial charge in [0.25, 0.3) is 0 Å². The molecule has 1 unspecified atom stereocenters. The third-order valence-electron chi connectivity index (χ3n) is 3.02. The molecule has 3 heteroatoms. The lowest BCUT2D eigenvalue weighted by Gasteiger charge is -2.15. The van der Waals surface area contributed by atoms with E-state index in [-0.39, 0.29) is 6.04 Å². The largest absolute Gasteiger partial charge is 0.320 e. The van der Waals surface area contributed by atoms with Crippen LogP contribution in [0.15, 0.2) is 51.4 Å². The fourth-order valence-corrected chi connectivity index (χ4v) is 3.23. The second-order valence-electron chi connectivity index (χ2n) is 4.24. The molecule has 0 heterocycles. The average Bonchev–Trinajstić information content (AvgIpc) is 2.38. The van der Waals surface area contributed by atoms with Crippen molar-refractivity contribution in [3.8, 4) is 0 Å². The van der Waals surface area contributed by atoms with E-state index in [2.05, 4.69) is 69.1 Å². The first kappa shape index (κ1) is 13.8. The SMILES string of the molecule is CCc1cccc(C(N)c2ccc(Br)cc2Br)c1. The lowest BCUT2D eigenvalue weighted by atomic mass is 9.97. The maximum absolute atomic E-state index is 6.35. The summed E-state index contributed by atoms with van der Waals surface area (Å²) in [5, 5.41) is 0. The highest BCUT2D eigenvalue weighted by Crippen LogP contribution is 2.29. The topological polar surface area (TPSA) is 26.0 Å². The lowest BCUT2D eigenvalue weighted by molar-refractivity contribution is 0.861. The minimum absolute atomic E-state index is 0.0982. The first-order valence-corrected chi connectivity index (χ1v) is 7.49. The van der Waals surface area contributed by atoms with Gasteiger partial charge in [0.15, 0.2) is 0 Å². The van der Waals surface area contributed by atoms with E-state index in [1.54, 1.807) is 0 Å². The zero-order valence-corrected chi connectivity index (χ0v) is 13.3. The first-order chi connectivity index (χ1) is 8.61. The maximum Gasteiger partial charge on any atom is 0.0562 e. The molecule has 0 aliphatic rings. The monoisotopic (exact) mass is 367 g/mol. The average molecular weight is 369 g/mol. The maximum atomic E-state index is 6.35. The van der Waals surface area contributed by atoms with E-state index >= 15 is 0 Å². The molecule has 0 amide bonds. The van der Waals surface area contributed by atoms with Crippen LogP contribution in [0.1, 0.15) is 29.7 Å². The van der Waals surface area contributed by atoms with Gasteiger partial charge in [0, 0.05) is 8.95 Å². The van der Waals surface area contributed by atoms with Crippen molar-refractivity contribution >= 4 is 31.9 Å². The number of hydrogen-bond donors (Lipinski definition) is 1. The second kappa shape index (κ2) is 6.00. The van der Waals surface area contributed by atoms with E-state index in [0.717, 1.165) is 26.5 Å². The van der Waals surface area contributed by atoms with Gasteiger partial charge in [0.05, 0.1) is 6.04 Å². The zero-order valence-electron chi connectivity index (χ0n) is 10.2. The van der Waals surface area contributed by atoms with Crippen LogP contribution in [0.4, 0.5) is 0 Å². The van der Waals surface area contributed by atoms with Gasteiger partial charge in [-0.2, -0.15) is 0 Å². The van der Waals surface area contributed by atoms with E-state index in [0.29, 0.717) is 0 Å². The molecular formula is C15H15Br2N. The predicted molar refractivity (Wildman–Crippen MR) is 83.7 cm³/mol. The summed E-state index contributed by atoms with van der Waals surface area (Å²) in [6.45, 7) is 2.15. The molecule has 0 fully saturated rings. The molecule has 0 aliphatic heterocycles. The number of benzene rings is 2. The molecule has 0 spiro atoms. The standard InChI is InChI=1S/C15H15Br2N/c1-2-10-4-3-5-11(8-10)15(18)13-7-6-12(16)9-14(13)17/h3-9,15H,2,18H2,1H3. The number of hydrogen-bond acceptors (Lipinski definition) is 1. The minimum atomic E-state index is -0.0982. The van der Waals surface area contributed by atoms with Crippen LogP contribution in [0, 0.1) is 0 Å². The van der Waals surface area contributed by atoms with Crippen molar-refractivity contribution in [2.24, 2.45) is 5.73 Å². The summed E-state index contributed by atoms with van der Waals surface area (Å²) in [5.41, 5.74) is 9.91. The summed E-state index contributed by atoms with van der Waals surface area (Å²) in [5.74, 6) is 0. The summed E-state index contributed by atoms with van der Waals surface area (Å²) in [6, 6.07) is 14.5. The van der Waals surface area contributed by atoms with Gasteiger partial charge in [-0.05, 0) is 35.2 Å². The Morgan fingerprint density at radius 2 is 1.89 bits per heavy atom. The summed E-state index contributed by atoms with van der Waals surface area (Å²) < 4.78 is 2.08. The van der Waals surface area contributed by atoms with Crippen molar-refractivity contribution in [3.63, 3.8) is 0 Å². The number of halogens is 2. The Morgan fingerprint density at radius 3 is 2.56 bits per heavy atom. The van der Waals surface area contributed by atoms with Crippen LogP contribution in [-0.2, 0) is 6.42 Å². The van der Waals surface area contributed by atoms with Crippen LogP contribution >= 0.6 is 31.9 Å². The first-order valence-electron chi connectivity index (χ1n) is 5.91. The second-order valence-corrected chi connectivity index (χ2v) is 6.01. The van der Waals surface area contributed by atoms with E-state index < -0.39 is 0 Å². The quantitative estimate of drug-likeness (QED) is 0.825. The van der Waals surface area contributed by atoms with Crippen LogP contribution in [0.25, 0.3) is 0 Å². The number of aryl methyl sites for hydroxylation is 1. The highest BCUT2D eigenvalue weighted by atomic mass is 79.9. The Morgan fingerprint density at radius 1 is 1.11 bits per heavy atom. The molecule has 1 atom stereocenters. The third kappa shape index (κ3) is 3.02. The van der Waals surface area contributed by atoms with E-state index in [9.17, 15) is 0 Å². The summed E-state index contributed by atoms with van der Waals surface area (Å²) >= 11 is 7.02. The highest BCUT2D eigenvalue weighted by Gasteiger charge is 2.12. The highest BCUT2D eigenvalue weighted by molar-refractivity contribution is 9.11. The molecule has 1 nitrogen and oxygen atoms in total. The van der Waals surface area contributed by atoms with E-state index in [1.165, 1.54) is 5.56 Å². The fourth-order valence-electron chi connectivity index (χ4n) is 1.94. The normalized spacial score (nSPS) is 12.4. The van der Waals surface area contributed by atoms with Gasteiger partial charge in [-0.3, -0.25) is 0 Å². The summed E-state index contributed by atoms with van der Waals surface area (Å²) in [4.78, 5) is 0. The molecule has 18 heavy (non-hydrogen) atoms. The van der Waals surface area contributed by atoms with Crippen molar-refractivity contribution in [3.05, 3.63) is 68.1 Å². The summed E-state index contributed by atoms with van der Waals surface area (Å²) in [6.07, 6.45) is 1.03. The third-order valence-corrected chi connectivity index (χ3v) is 4.20. The van der Waals surface area contributed by atoms with E-state index in [1.807, 2.05) is 12.1 Å². The van der Waals surface area contributed by atoms with Crippen molar-refractivity contribution < 1.29 is 0 Å². The molecular weight excluding hydrogens is 354 g/mol. The number of nitrogens with two attached hydrogens (primary N) is 1. The van der Waals surface area contributed by atoms with Crippen LogP contribution < -0.4 is 5.73 Å². The van der Waals surface area contributed by atoms with Gasteiger partial charge in [0.2, 0.25) is 0 Å². The fraction of sp³-hybridized carbons (Fsp3) is 0.200. The smallest absolute Gasteiger partial charge is 0.0562 e.